The molecule has 0 amide bonds. The predicted molar refractivity (Wildman–Crippen MR) is 76.9 cm³/mol. The highest BCUT2D eigenvalue weighted by Gasteiger charge is 2.18. The molecule has 0 aliphatic carbocycles. The number of hydrogen-bond donors (Lipinski definition) is 2. The Hall–Kier alpha value is -2.77. The molecule has 0 atom stereocenters. The van der Waals surface area contributed by atoms with Gasteiger partial charge in [-0.15, -0.1) is 0 Å². The molecular formula is C14H14F2N4O2. The molecular weight excluding hydrogens is 294 g/mol. The normalized spacial score (nSPS) is 10.9. The summed E-state index contributed by atoms with van der Waals surface area (Å²) in [7, 11) is 0. The molecule has 0 aliphatic rings. The van der Waals surface area contributed by atoms with Crippen LogP contribution in [-0.4, -0.2) is 29.0 Å². The first-order chi connectivity index (χ1) is 10.5. The molecule has 0 aliphatic heterocycles. The van der Waals surface area contributed by atoms with Crippen molar-refractivity contribution in [1.29, 1.82) is 0 Å². The van der Waals surface area contributed by atoms with Crippen molar-refractivity contribution in [2.75, 3.05) is 12.0 Å². The fourth-order valence-electron chi connectivity index (χ4n) is 1.72. The molecule has 0 spiro atoms. The van der Waals surface area contributed by atoms with Crippen molar-refractivity contribution >= 4 is 18.0 Å². The van der Waals surface area contributed by atoms with Crippen LogP contribution in [-0.2, 0) is 4.74 Å². The number of hydrogen-bond acceptors (Lipinski definition) is 5. The van der Waals surface area contributed by atoms with E-state index in [9.17, 15) is 13.6 Å². The van der Waals surface area contributed by atoms with Gasteiger partial charge in [-0.25, -0.2) is 13.6 Å². The zero-order valence-electron chi connectivity index (χ0n) is 12.0. The molecule has 0 saturated heterocycles. The second-order valence-corrected chi connectivity index (χ2v) is 4.34. The number of aromatic nitrogens is 2. The fraction of sp³-hybridized carbons (Fsp3) is 0.214. The number of carbonyl (C=O) groups is 1. The highest BCUT2D eigenvalue weighted by molar-refractivity contribution is 5.96. The number of esters is 1. The zero-order valence-corrected chi connectivity index (χ0v) is 12.0. The Balaban J connectivity index is 2.13. The van der Waals surface area contributed by atoms with E-state index < -0.39 is 17.6 Å². The Labute approximate surface area is 125 Å². The molecule has 8 heteroatoms. The minimum atomic E-state index is -0.966. The Morgan fingerprint density at radius 1 is 1.45 bits per heavy atom. The maximum atomic E-state index is 13.1. The first-order valence-electron chi connectivity index (χ1n) is 6.49. The van der Waals surface area contributed by atoms with Crippen LogP contribution in [0.1, 0.15) is 28.5 Å². The molecule has 0 fully saturated rings. The Kier molecular flexibility index (Phi) is 4.82. The van der Waals surface area contributed by atoms with Gasteiger partial charge in [-0.3, -0.25) is 10.5 Å². The predicted octanol–water partition coefficient (Wildman–Crippen LogP) is 2.62. The molecule has 22 heavy (non-hydrogen) atoms. The lowest BCUT2D eigenvalue weighted by molar-refractivity contribution is 0.0526. The Morgan fingerprint density at radius 2 is 2.23 bits per heavy atom. The van der Waals surface area contributed by atoms with Gasteiger partial charge in [0.25, 0.3) is 0 Å². The van der Waals surface area contributed by atoms with Crippen molar-refractivity contribution in [2.45, 2.75) is 13.8 Å². The third kappa shape index (κ3) is 3.46. The molecule has 0 unspecified atom stereocenters. The first-order valence-corrected chi connectivity index (χ1v) is 6.49. The Morgan fingerprint density at radius 3 is 2.91 bits per heavy atom. The number of hydrazone groups is 1. The molecule has 0 bridgehead atoms. The Bertz CT molecular complexity index is 713. The minimum absolute atomic E-state index is 0.190. The smallest absolute Gasteiger partial charge is 0.343 e. The first kappa shape index (κ1) is 15.6. The topological polar surface area (TPSA) is 79.4 Å². The van der Waals surface area contributed by atoms with Crippen LogP contribution in [0.4, 0.5) is 14.6 Å². The van der Waals surface area contributed by atoms with Gasteiger partial charge in [0.05, 0.1) is 12.8 Å². The van der Waals surface area contributed by atoms with E-state index >= 15 is 0 Å². The van der Waals surface area contributed by atoms with Gasteiger partial charge in [0, 0.05) is 5.69 Å². The molecule has 1 heterocycles. The van der Waals surface area contributed by atoms with Crippen LogP contribution >= 0.6 is 0 Å². The van der Waals surface area contributed by atoms with Crippen LogP contribution in [0.5, 0.6) is 0 Å². The number of aromatic amines is 1. The number of carbonyl (C=O) groups excluding carboxylic acids is 1. The van der Waals surface area contributed by atoms with Crippen LogP contribution in [0.25, 0.3) is 0 Å². The number of rotatable bonds is 5. The van der Waals surface area contributed by atoms with Crippen LogP contribution in [0, 0.1) is 18.6 Å². The largest absolute Gasteiger partial charge is 0.462 e. The average Bonchev–Trinajstić information content (AvgIpc) is 2.84. The second-order valence-electron chi connectivity index (χ2n) is 4.34. The van der Waals surface area contributed by atoms with Crippen LogP contribution < -0.4 is 5.43 Å². The van der Waals surface area contributed by atoms with E-state index in [1.54, 1.807) is 13.8 Å². The maximum absolute atomic E-state index is 13.1. The van der Waals surface area contributed by atoms with Crippen LogP contribution in [0.3, 0.4) is 0 Å². The summed E-state index contributed by atoms with van der Waals surface area (Å²) in [6.07, 6.45) is 1.28. The highest BCUT2D eigenvalue weighted by atomic mass is 19.2. The maximum Gasteiger partial charge on any atom is 0.343 e. The second kappa shape index (κ2) is 6.79. The van der Waals surface area contributed by atoms with E-state index in [4.69, 9.17) is 4.74 Å². The number of anilines is 1. The third-order valence-corrected chi connectivity index (χ3v) is 2.75. The summed E-state index contributed by atoms with van der Waals surface area (Å²) in [6, 6.07) is 3.37. The molecule has 1 aromatic heterocycles. The summed E-state index contributed by atoms with van der Waals surface area (Å²) < 4.78 is 30.8. The lowest BCUT2D eigenvalue weighted by Gasteiger charge is -2.02. The van der Waals surface area contributed by atoms with Gasteiger partial charge in [-0.2, -0.15) is 10.2 Å². The van der Waals surface area contributed by atoms with Crippen LogP contribution in [0.2, 0.25) is 0 Å². The SMILES string of the molecule is CCOC(=O)c1c(N/N=C\c2ccc(F)c(F)c2)n[nH]c1C. The lowest BCUT2D eigenvalue weighted by atomic mass is 10.2. The van der Waals surface area contributed by atoms with Gasteiger partial charge in [0.2, 0.25) is 0 Å². The number of halogens is 2. The number of aryl methyl sites for hydroxylation is 1. The minimum Gasteiger partial charge on any atom is -0.462 e. The van der Waals surface area contributed by atoms with Gasteiger partial charge in [0.15, 0.2) is 17.5 Å². The van der Waals surface area contributed by atoms with Gasteiger partial charge in [-0.1, -0.05) is 6.07 Å². The van der Waals surface area contributed by atoms with Crippen molar-refractivity contribution in [2.24, 2.45) is 5.10 Å². The van der Waals surface area contributed by atoms with Crippen molar-refractivity contribution in [3.05, 3.63) is 46.7 Å². The lowest BCUT2D eigenvalue weighted by Crippen LogP contribution is -2.08. The number of benzene rings is 1. The monoisotopic (exact) mass is 308 g/mol. The van der Waals surface area contributed by atoms with Crippen molar-refractivity contribution in [3.8, 4) is 0 Å². The third-order valence-electron chi connectivity index (χ3n) is 2.75. The van der Waals surface area contributed by atoms with Gasteiger partial charge in [-0.05, 0) is 31.5 Å². The molecule has 0 radical (unpaired) electrons. The van der Waals surface area contributed by atoms with Crippen molar-refractivity contribution in [1.82, 2.24) is 10.2 Å². The summed E-state index contributed by atoms with van der Waals surface area (Å²) in [5.74, 6) is -2.24. The van der Waals surface area contributed by atoms with Gasteiger partial charge >= 0.3 is 5.97 Å². The summed E-state index contributed by atoms with van der Waals surface area (Å²) >= 11 is 0. The molecule has 2 N–H and O–H groups in total. The molecule has 2 aromatic rings. The van der Waals surface area contributed by atoms with E-state index in [1.807, 2.05) is 0 Å². The summed E-state index contributed by atoms with van der Waals surface area (Å²) in [6.45, 7) is 3.60. The van der Waals surface area contributed by atoms with Crippen molar-refractivity contribution < 1.29 is 18.3 Å². The van der Waals surface area contributed by atoms with E-state index in [0.717, 1.165) is 12.1 Å². The van der Waals surface area contributed by atoms with Gasteiger partial charge < -0.3 is 4.74 Å². The number of nitrogens with one attached hydrogen (secondary N) is 2. The van der Waals surface area contributed by atoms with E-state index in [-0.39, 0.29) is 18.0 Å². The van der Waals surface area contributed by atoms with Crippen LogP contribution in [0.15, 0.2) is 23.3 Å². The molecule has 1 aromatic carbocycles. The quantitative estimate of drug-likeness (QED) is 0.505. The summed E-state index contributed by atoms with van der Waals surface area (Å²) in [4.78, 5) is 11.8. The van der Waals surface area contributed by atoms with E-state index in [0.29, 0.717) is 11.3 Å². The van der Waals surface area contributed by atoms with E-state index in [2.05, 4.69) is 20.7 Å². The standard InChI is InChI=1S/C14H14F2N4O2/c1-3-22-14(21)12-8(2)18-20-13(12)19-17-7-9-4-5-10(15)11(16)6-9/h4-7H,3H2,1-2H3,(H2,18,19,20)/b17-7-. The number of ether oxygens (including phenoxy) is 1. The van der Waals surface area contributed by atoms with Gasteiger partial charge in [0.1, 0.15) is 5.56 Å². The number of H-pyrrole nitrogens is 1. The summed E-state index contributed by atoms with van der Waals surface area (Å²) in [5.41, 5.74) is 3.70. The molecule has 2 rings (SSSR count). The molecule has 0 saturated carbocycles. The molecule has 6 nitrogen and oxygen atoms in total. The number of nitrogens with zero attached hydrogens (tertiary/aromatic N) is 2. The fourth-order valence-corrected chi connectivity index (χ4v) is 1.72. The summed E-state index contributed by atoms with van der Waals surface area (Å²) in [5, 5.41) is 10.4. The van der Waals surface area contributed by atoms with E-state index in [1.165, 1.54) is 12.3 Å². The average molecular weight is 308 g/mol. The van der Waals surface area contributed by atoms with Crippen molar-refractivity contribution in [3.63, 3.8) is 0 Å². The zero-order chi connectivity index (χ0) is 16.1. The highest BCUT2D eigenvalue weighted by Crippen LogP contribution is 2.17. The molecule has 116 valence electrons.